The van der Waals surface area contributed by atoms with E-state index in [0.717, 1.165) is 24.3 Å². The Morgan fingerprint density at radius 3 is 2.30 bits per heavy atom. The van der Waals surface area contributed by atoms with E-state index in [-0.39, 0.29) is 12.0 Å². The average molecular weight is 448 g/mol. The molecule has 1 amide bonds. The fourth-order valence-electron chi connectivity index (χ4n) is 2.64. The highest BCUT2D eigenvalue weighted by Gasteiger charge is 2.41. The molecule has 1 unspecified atom stereocenters. The second kappa shape index (κ2) is 7.75. The highest BCUT2D eigenvalue weighted by atomic mass is 79.9. The lowest BCUT2D eigenvalue weighted by Gasteiger charge is -2.23. The summed E-state index contributed by atoms with van der Waals surface area (Å²) in [4.78, 5) is 12.3. The number of ether oxygens (including phenoxy) is 2. The van der Waals surface area contributed by atoms with E-state index in [1.165, 1.54) is 0 Å². The molecule has 0 bridgehead atoms. The van der Waals surface area contributed by atoms with Gasteiger partial charge in [0.2, 0.25) is 5.91 Å². The normalized spacial score (nSPS) is 14.6. The smallest absolute Gasteiger partial charge is 0.412 e. The summed E-state index contributed by atoms with van der Waals surface area (Å²) in [5.41, 5.74) is 0.204. The van der Waals surface area contributed by atoms with Gasteiger partial charge in [-0.25, -0.2) is 4.39 Å². The minimum absolute atomic E-state index is 0.251. The summed E-state index contributed by atoms with van der Waals surface area (Å²) in [6.07, 6.45) is -5.03. The number of hydrogen-bond acceptors (Lipinski definition) is 3. The SMILES string of the molecule is O=C(Cc1cc2c(cc1Br)OCCO2)NC(c1ccc(F)cc1)C(F)(F)F. The Bertz CT molecular complexity index is 840. The summed E-state index contributed by atoms with van der Waals surface area (Å²) in [6, 6.07) is 4.75. The molecular formula is C18H14BrF4NO3. The molecule has 1 aliphatic rings. The van der Waals surface area contributed by atoms with Gasteiger partial charge in [-0.05, 0) is 35.4 Å². The van der Waals surface area contributed by atoms with Gasteiger partial charge in [-0.2, -0.15) is 13.2 Å². The van der Waals surface area contributed by atoms with Crippen LogP contribution in [0.1, 0.15) is 17.2 Å². The molecule has 0 fully saturated rings. The summed E-state index contributed by atoms with van der Waals surface area (Å²) in [6.45, 7) is 0.741. The van der Waals surface area contributed by atoms with Gasteiger partial charge in [0.05, 0.1) is 6.42 Å². The molecule has 0 radical (unpaired) electrons. The monoisotopic (exact) mass is 447 g/mol. The highest BCUT2D eigenvalue weighted by molar-refractivity contribution is 9.10. The molecule has 3 rings (SSSR count). The van der Waals surface area contributed by atoms with Crippen molar-refractivity contribution in [2.75, 3.05) is 13.2 Å². The third kappa shape index (κ3) is 4.71. The number of nitrogens with one attached hydrogen (secondary N) is 1. The van der Waals surface area contributed by atoms with Gasteiger partial charge in [0, 0.05) is 4.47 Å². The van der Waals surface area contributed by atoms with Gasteiger partial charge in [-0.3, -0.25) is 4.79 Å². The van der Waals surface area contributed by atoms with Crippen LogP contribution in [0.15, 0.2) is 40.9 Å². The van der Waals surface area contributed by atoms with Crippen molar-refractivity contribution in [3.05, 3.63) is 57.8 Å². The number of hydrogen-bond donors (Lipinski definition) is 1. The first-order valence-corrected chi connectivity index (χ1v) is 8.73. The quantitative estimate of drug-likeness (QED) is 0.709. The highest BCUT2D eigenvalue weighted by Crippen LogP contribution is 2.36. The summed E-state index contributed by atoms with van der Waals surface area (Å²) in [5, 5.41) is 1.97. The molecule has 1 N–H and O–H groups in total. The van der Waals surface area contributed by atoms with E-state index in [1.54, 1.807) is 12.1 Å². The summed E-state index contributed by atoms with van der Waals surface area (Å²) < 4.78 is 64.4. The van der Waals surface area contributed by atoms with Gasteiger partial charge in [0.1, 0.15) is 19.0 Å². The summed E-state index contributed by atoms with van der Waals surface area (Å²) >= 11 is 3.28. The van der Waals surface area contributed by atoms with E-state index in [4.69, 9.17) is 9.47 Å². The van der Waals surface area contributed by atoms with Gasteiger partial charge >= 0.3 is 6.18 Å². The van der Waals surface area contributed by atoms with Gasteiger partial charge in [0.25, 0.3) is 0 Å². The molecule has 2 aromatic rings. The molecule has 0 saturated carbocycles. The van der Waals surface area contributed by atoms with Crippen LogP contribution in [-0.2, 0) is 11.2 Å². The molecule has 0 spiro atoms. The van der Waals surface area contributed by atoms with Crippen LogP contribution in [0.25, 0.3) is 0 Å². The lowest BCUT2D eigenvalue weighted by Crippen LogP contribution is -2.38. The third-order valence-corrected chi connectivity index (χ3v) is 4.64. The van der Waals surface area contributed by atoms with Crippen LogP contribution in [-0.4, -0.2) is 25.3 Å². The molecule has 4 nitrogen and oxygen atoms in total. The maximum atomic E-state index is 13.4. The van der Waals surface area contributed by atoms with Crippen molar-refractivity contribution in [2.45, 2.75) is 18.6 Å². The molecule has 0 aliphatic carbocycles. The van der Waals surface area contributed by atoms with Crippen molar-refractivity contribution in [1.29, 1.82) is 0 Å². The number of benzene rings is 2. The van der Waals surface area contributed by atoms with Crippen molar-refractivity contribution in [3.8, 4) is 11.5 Å². The van der Waals surface area contributed by atoms with Crippen molar-refractivity contribution in [2.24, 2.45) is 0 Å². The Balaban J connectivity index is 1.77. The largest absolute Gasteiger partial charge is 0.486 e. The number of halogens is 5. The molecular weight excluding hydrogens is 434 g/mol. The Hall–Kier alpha value is -2.29. The van der Waals surface area contributed by atoms with Crippen molar-refractivity contribution < 1.29 is 31.8 Å². The van der Waals surface area contributed by atoms with Crippen molar-refractivity contribution >= 4 is 21.8 Å². The average Bonchev–Trinajstić information content (AvgIpc) is 2.60. The fraction of sp³-hybridized carbons (Fsp3) is 0.278. The Morgan fingerprint density at radius 2 is 1.70 bits per heavy atom. The third-order valence-electron chi connectivity index (χ3n) is 3.90. The minimum atomic E-state index is -4.72. The van der Waals surface area contributed by atoms with Crippen LogP contribution >= 0.6 is 15.9 Å². The minimum Gasteiger partial charge on any atom is -0.486 e. The first kappa shape index (κ1) is 19.5. The van der Waals surface area contributed by atoms with E-state index in [2.05, 4.69) is 15.9 Å². The molecule has 9 heteroatoms. The van der Waals surface area contributed by atoms with Crippen LogP contribution < -0.4 is 14.8 Å². The van der Waals surface area contributed by atoms with Crippen LogP contribution in [0.2, 0.25) is 0 Å². The number of amides is 1. The van der Waals surface area contributed by atoms with Crippen LogP contribution in [0.5, 0.6) is 11.5 Å². The van der Waals surface area contributed by atoms with E-state index in [9.17, 15) is 22.4 Å². The maximum absolute atomic E-state index is 13.4. The molecule has 1 atom stereocenters. The van der Waals surface area contributed by atoms with Gasteiger partial charge in [-0.1, -0.05) is 28.1 Å². The van der Waals surface area contributed by atoms with Crippen LogP contribution in [0, 0.1) is 5.82 Å². The van der Waals surface area contributed by atoms with E-state index in [1.807, 2.05) is 5.32 Å². The Kier molecular flexibility index (Phi) is 5.59. The van der Waals surface area contributed by atoms with Gasteiger partial charge in [-0.15, -0.1) is 0 Å². The topological polar surface area (TPSA) is 47.6 Å². The number of carbonyl (C=O) groups excluding carboxylic acids is 1. The van der Waals surface area contributed by atoms with Crippen molar-refractivity contribution in [1.82, 2.24) is 5.32 Å². The first-order valence-electron chi connectivity index (χ1n) is 7.93. The van der Waals surface area contributed by atoms with Gasteiger partial charge < -0.3 is 14.8 Å². The van der Waals surface area contributed by atoms with Crippen LogP contribution in [0.4, 0.5) is 17.6 Å². The standard InChI is InChI=1S/C18H14BrF4NO3/c19-13-9-15-14(26-5-6-27-15)7-11(13)8-16(25)24-17(18(21,22)23)10-1-3-12(20)4-2-10/h1-4,7,9,17H,5-6,8H2,(H,24,25). The number of carbonyl (C=O) groups is 1. The predicted octanol–water partition coefficient (Wildman–Crippen LogP) is 4.32. The molecule has 2 aromatic carbocycles. The molecule has 27 heavy (non-hydrogen) atoms. The zero-order chi connectivity index (χ0) is 19.6. The maximum Gasteiger partial charge on any atom is 0.412 e. The fourth-order valence-corrected chi connectivity index (χ4v) is 3.10. The Labute approximate surface area is 160 Å². The number of rotatable bonds is 4. The molecule has 0 saturated heterocycles. The second-order valence-electron chi connectivity index (χ2n) is 5.86. The molecule has 144 valence electrons. The number of alkyl halides is 3. The second-order valence-corrected chi connectivity index (χ2v) is 6.71. The van der Waals surface area contributed by atoms with E-state index >= 15 is 0 Å². The van der Waals surface area contributed by atoms with E-state index in [0.29, 0.717) is 34.7 Å². The molecule has 0 aromatic heterocycles. The molecule has 1 aliphatic heterocycles. The zero-order valence-electron chi connectivity index (χ0n) is 13.8. The van der Waals surface area contributed by atoms with Crippen molar-refractivity contribution in [3.63, 3.8) is 0 Å². The molecule has 1 heterocycles. The van der Waals surface area contributed by atoms with Gasteiger partial charge in [0.15, 0.2) is 17.5 Å². The predicted molar refractivity (Wildman–Crippen MR) is 92.2 cm³/mol. The zero-order valence-corrected chi connectivity index (χ0v) is 15.4. The lowest BCUT2D eigenvalue weighted by atomic mass is 10.1. The first-order chi connectivity index (χ1) is 12.7. The lowest BCUT2D eigenvalue weighted by molar-refractivity contribution is -0.163. The summed E-state index contributed by atoms with van der Waals surface area (Å²) in [7, 11) is 0. The van der Waals surface area contributed by atoms with E-state index < -0.39 is 23.9 Å². The summed E-state index contributed by atoms with van der Waals surface area (Å²) in [5.74, 6) is -0.569. The Morgan fingerprint density at radius 1 is 1.11 bits per heavy atom. The van der Waals surface area contributed by atoms with Crippen LogP contribution in [0.3, 0.4) is 0 Å². The number of fused-ring (bicyclic) bond motifs is 1.